The van der Waals surface area contributed by atoms with Gasteiger partial charge in [0.15, 0.2) is 0 Å². The molecule has 1 aromatic heterocycles. The topological polar surface area (TPSA) is 73.3 Å². The highest BCUT2D eigenvalue weighted by molar-refractivity contribution is 6.34. The van der Waals surface area contributed by atoms with E-state index in [9.17, 15) is 8.78 Å². The number of aromatic nitrogens is 1. The molecule has 1 fully saturated rings. The second-order valence-electron chi connectivity index (χ2n) is 6.16. The van der Waals surface area contributed by atoms with E-state index < -0.39 is 6.11 Å². The molecule has 0 unspecified atom stereocenters. The van der Waals surface area contributed by atoms with E-state index >= 15 is 0 Å². The fourth-order valence-corrected chi connectivity index (χ4v) is 2.99. The first-order valence-electron chi connectivity index (χ1n) is 8.46. The minimum absolute atomic E-state index is 0.0564. The molecule has 1 aliphatic heterocycles. The molecule has 0 aliphatic carbocycles. The fraction of sp³-hybridized carbons (Fsp3) is 0.333. The van der Waals surface area contributed by atoms with Crippen molar-refractivity contribution >= 4 is 28.9 Å². The van der Waals surface area contributed by atoms with Crippen molar-refractivity contribution < 1.29 is 13.5 Å². The van der Waals surface area contributed by atoms with Crippen LogP contribution in [0.3, 0.4) is 0 Å². The Balaban J connectivity index is 1.81. The number of rotatable bonds is 5. The van der Waals surface area contributed by atoms with E-state index in [1.165, 1.54) is 12.1 Å². The molecular formula is C18H20ClF2N5O. The average molecular weight is 396 g/mol. The normalized spacial score (nSPS) is 14.7. The van der Waals surface area contributed by atoms with E-state index in [0.717, 1.165) is 13.1 Å². The summed E-state index contributed by atoms with van der Waals surface area (Å²) in [4.78, 5) is 6.24. The molecule has 0 radical (unpaired) electrons. The summed E-state index contributed by atoms with van der Waals surface area (Å²) in [5.41, 5.74) is 1.12. The summed E-state index contributed by atoms with van der Waals surface area (Å²) >= 11 is 6.34. The fourth-order valence-electron chi connectivity index (χ4n) is 2.75. The third kappa shape index (κ3) is 5.05. The maximum atomic E-state index is 12.9. The molecule has 6 nitrogen and oxygen atoms in total. The van der Waals surface area contributed by atoms with Crippen LogP contribution in [0.2, 0.25) is 5.02 Å². The lowest BCUT2D eigenvalue weighted by Gasteiger charge is -2.30. The first kappa shape index (κ1) is 19.3. The number of pyridine rings is 1. The SMILES string of the molecule is CC(F)(F)Oc1ccc(Nc2nccc(Cl)c2C(=N)N2CCNCC2)cc1. The summed E-state index contributed by atoms with van der Waals surface area (Å²) in [5.74, 6) is 0.782. The van der Waals surface area contributed by atoms with E-state index in [4.69, 9.17) is 17.0 Å². The Hall–Kier alpha value is -2.45. The quantitative estimate of drug-likeness (QED) is 0.531. The number of nitrogens with zero attached hydrogens (tertiary/aromatic N) is 2. The number of halogens is 3. The first-order chi connectivity index (χ1) is 12.8. The van der Waals surface area contributed by atoms with Gasteiger partial charge in [-0.25, -0.2) is 4.98 Å². The highest BCUT2D eigenvalue weighted by Crippen LogP contribution is 2.28. The van der Waals surface area contributed by atoms with Crippen molar-refractivity contribution in [1.29, 1.82) is 5.41 Å². The highest BCUT2D eigenvalue weighted by atomic mass is 35.5. The molecule has 27 heavy (non-hydrogen) atoms. The van der Waals surface area contributed by atoms with Gasteiger partial charge >= 0.3 is 6.11 Å². The average Bonchev–Trinajstić information content (AvgIpc) is 2.63. The zero-order chi connectivity index (χ0) is 19.4. The van der Waals surface area contributed by atoms with Crippen LogP contribution in [0.25, 0.3) is 0 Å². The van der Waals surface area contributed by atoms with Crippen molar-refractivity contribution in [3.8, 4) is 5.75 Å². The number of amidine groups is 1. The number of alkyl halides is 2. The van der Waals surface area contributed by atoms with Crippen LogP contribution in [-0.2, 0) is 0 Å². The first-order valence-corrected chi connectivity index (χ1v) is 8.84. The molecule has 144 valence electrons. The van der Waals surface area contributed by atoms with Gasteiger partial charge < -0.3 is 20.3 Å². The molecule has 1 aliphatic rings. The van der Waals surface area contributed by atoms with Crippen molar-refractivity contribution in [2.45, 2.75) is 13.0 Å². The predicted molar refractivity (Wildman–Crippen MR) is 101 cm³/mol. The van der Waals surface area contributed by atoms with Crippen molar-refractivity contribution in [3.63, 3.8) is 0 Å². The summed E-state index contributed by atoms with van der Waals surface area (Å²) in [6.45, 7) is 3.70. The zero-order valence-electron chi connectivity index (χ0n) is 14.7. The van der Waals surface area contributed by atoms with Crippen LogP contribution in [0, 0.1) is 5.41 Å². The highest BCUT2D eigenvalue weighted by Gasteiger charge is 2.23. The van der Waals surface area contributed by atoms with Crippen LogP contribution in [0.4, 0.5) is 20.3 Å². The number of piperazine rings is 1. The molecule has 3 rings (SSSR count). The molecule has 1 saturated heterocycles. The van der Waals surface area contributed by atoms with E-state index in [-0.39, 0.29) is 5.75 Å². The monoisotopic (exact) mass is 395 g/mol. The van der Waals surface area contributed by atoms with E-state index in [2.05, 4.69) is 20.4 Å². The Labute approximate surface area is 161 Å². The standard InChI is InChI=1S/C18H20ClF2N5O/c1-18(20,21)27-13-4-2-12(3-5-13)25-17-15(14(19)6-7-24-17)16(22)26-10-8-23-9-11-26/h2-7,22-23H,8-11H2,1H3,(H,24,25). The van der Waals surface area contributed by atoms with Crippen LogP contribution >= 0.6 is 11.6 Å². The van der Waals surface area contributed by atoms with Crippen LogP contribution in [0.5, 0.6) is 5.75 Å². The second kappa shape index (κ2) is 8.06. The van der Waals surface area contributed by atoms with E-state index in [0.29, 0.717) is 47.9 Å². The van der Waals surface area contributed by atoms with Crippen molar-refractivity contribution in [3.05, 3.63) is 47.1 Å². The van der Waals surface area contributed by atoms with Gasteiger partial charge in [0, 0.05) is 45.0 Å². The van der Waals surface area contributed by atoms with Gasteiger partial charge in [-0.15, -0.1) is 0 Å². The minimum Gasteiger partial charge on any atom is -0.433 e. The number of anilines is 2. The summed E-state index contributed by atoms with van der Waals surface area (Å²) < 4.78 is 30.4. The number of nitrogens with one attached hydrogen (secondary N) is 3. The largest absolute Gasteiger partial charge is 0.433 e. The summed E-state index contributed by atoms with van der Waals surface area (Å²) in [5, 5.41) is 15.3. The molecule has 3 N–H and O–H groups in total. The van der Waals surface area contributed by atoms with Crippen molar-refractivity contribution in [1.82, 2.24) is 15.2 Å². The van der Waals surface area contributed by atoms with Gasteiger partial charge in [0.05, 0.1) is 10.6 Å². The molecule has 0 spiro atoms. The third-order valence-electron chi connectivity index (χ3n) is 3.98. The Kier molecular flexibility index (Phi) is 5.76. The molecule has 2 aromatic rings. The van der Waals surface area contributed by atoms with Gasteiger partial charge in [0.25, 0.3) is 0 Å². The molecule has 2 heterocycles. The molecular weight excluding hydrogens is 376 g/mol. The second-order valence-corrected chi connectivity index (χ2v) is 6.57. The van der Waals surface area contributed by atoms with E-state index in [1.54, 1.807) is 24.4 Å². The maximum Gasteiger partial charge on any atom is 0.394 e. The molecule has 0 amide bonds. The van der Waals surface area contributed by atoms with Gasteiger partial charge in [0.1, 0.15) is 17.4 Å². The number of benzene rings is 1. The third-order valence-corrected chi connectivity index (χ3v) is 4.30. The molecule has 9 heteroatoms. The molecule has 0 saturated carbocycles. The Morgan fingerprint density at radius 1 is 1.26 bits per heavy atom. The minimum atomic E-state index is -3.24. The lowest BCUT2D eigenvalue weighted by atomic mass is 10.2. The predicted octanol–water partition coefficient (Wildman–Crippen LogP) is 3.70. The van der Waals surface area contributed by atoms with Gasteiger partial charge in [-0.05, 0) is 30.3 Å². The summed E-state index contributed by atoms with van der Waals surface area (Å²) in [7, 11) is 0. The summed E-state index contributed by atoms with van der Waals surface area (Å²) in [6.07, 6.45) is -1.69. The van der Waals surface area contributed by atoms with Crippen molar-refractivity contribution in [2.24, 2.45) is 0 Å². The number of hydrogen-bond acceptors (Lipinski definition) is 5. The molecule has 1 aromatic carbocycles. The Bertz CT molecular complexity index is 804. The van der Waals surface area contributed by atoms with Crippen LogP contribution in [0.15, 0.2) is 36.5 Å². The zero-order valence-corrected chi connectivity index (χ0v) is 15.5. The van der Waals surface area contributed by atoms with Gasteiger partial charge in [-0.2, -0.15) is 8.78 Å². The lowest BCUT2D eigenvalue weighted by molar-refractivity contribution is -0.158. The van der Waals surface area contributed by atoms with Gasteiger partial charge in [0.2, 0.25) is 0 Å². The smallest absolute Gasteiger partial charge is 0.394 e. The van der Waals surface area contributed by atoms with Crippen LogP contribution < -0.4 is 15.4 Å². The summed E-state index contributed by atoms with van der Waals surface area (Å²) in [6, 6.07) is 7.71. The van der Waals surface area contributed by atoms with Crippen molar-refractivity contribution in [2.75, 3.05) is 31.5 Å². The number of hydrogen-bond donors (Lipinski definition) is 3. The van der Waals surface area contributed by atoms with E-state index in [1.807, 2.05) is 4.90 Å². The molecule has 0 atom stereocenters. The number of ether oxygens (including phenoxy) is 1. The van der Waals surface area contributed by atoms with Crippen LogP contribution in [-0.4, -0.2) is 48.0 Å². The van der Waals surface area contributed by atoms with Gasteiger partial charge in [-0.3, -0.25) is 5.41 Å². The maximum absolute atomic E-state index is 12.9. The van der Waals surface area contributed by atoms with Crippen LogP contribution in [0.1, 0.15) is 12.5 Å². The molecule has 0 bridgehead atoms. The Morgan fingerprint density at radius 2 is 1.93 bits per heavy atom. The van der Waals surface area contributed by atoms with Gasteiger partial charge in [-0.1, -0.05) is 11.6 Å². The lowest BCUT2D eigenvalue weighted by Crippen LogP contribution is -2.46. The Morgan fingerprint density at radius 3 is 2.56 bits per heavy atom.